The zero-order valence-corrected chi connectivity index (χ0v) is 20.1. The molecule has 0 saturated carbocycles. The van der Waals surface area contributed by atoms with Crippen molar-refractivity contribution in [1.82, 2.24) is 0 Å². The van der Waals surface area contributed by atoms with Crippen molar-refractivity contribution in [3.63, 3.8) is 0 Å². The summed E-state index contributed by atoms with van der Waals surface area (Å²) in [5.74, 6) is 0.420. The summed E-state index contributed by atoms with van der Waals surface area (Å²) in [4.78, 5) is 25.5. The molecule has 0 aliphatic heterocycles. The highest BCUT2D eigenvalue weighted by atomic mass is 16.1. The van der Waals surface area contributed by atoms with Crippen LogP contribution in [0.1, 0.15) is 107 Å². The first-order valence-corrected chi connectivity index (χ1v) is 12.1. The number of Topliss-reactive ketones (excluding diaryl/α,β-unsaturated/α-hetero) is 2. The molecule has 31 heavy (non-hydrogen) atoms. The van der Waals surface area contributed by atoms with Crippen LogP contribution >= 0.6 is 0 Å². The van der Waals surface area contributed by atoms with Crippen molar-refractivity contribution in [2.75, 3.05) is 0 Å². The fourth-order valence-electron chi connectivity index (χ4n) is 6.72. The highest BCUT2D eigenvalue weighted by Crippen LogP contribution is 2.50. The minimum atomic E-state index is 0.119. The number of hydrogen-bond donors (Lipinski definition) is 0. The van der Waals surface area contributed by atoms with Gasteiger partial charge in [0, 0.05) is 11.1 Å². The second-order valence-corrected chi connectivity index (χ2v) is 9.79. The van der Waals surface area contributed by atoms with Gasteiger partial charge in [0.15, 0.2) is 11.6 Å². The second kappa shape index (κ2) is 8.04. The van der Waals surface area contributed by atoms with Gasteiger partial charge >= 0.3 is 0 Å². The zero-order valence-electron chi connectivity index (χ0n) is 20.1. The summed E-state index contributed by atoms with van der Waals surface area (Å²) in [6, 6.07) is 4.78. The number of aryl methyl sites for hydroxylation is 2. The highest BCUT2D eigenvalue weighted by Gasteiger charge is 2.45. The van der Waals surface area contributed by atoms with E-state index in [1.165, 1.54) is 44.5 Å². The van der Waals surface area contributed by atoms with Gasteiger partial charge in [-0.15, -0.1) is 0 Å². The molecule has 0 N–H and O–H groups in total. The molecule has 0 saturated heterocycles. The molecule has 2 aliphatic rings. The summed E-state index contributed by atoms with van der Waals surface area (Å²) in [5, 5.41) is 0. The summed E-state index contributed by atoms with van der Waals surface area (Å²) in [6.45, 7) is 12.2. The van der Waals surface area contributed by atoms with Gasteiger partial charge in [-0.2, -0.15) is 0 Å². The smallest absolute Gasteiger partial charge is 0.160 e. The van der Waals surface area contributed by atoms with Crippen LogP contribution in [0.3, 0.4) is 0 Å². The van der Waals surface area contributed by atoms with E-state index in [4.69, 9.17) is 0 Å². The number of benzene rings is 2. The lowest BCUT2D eigenvalue weighted by Crippen LogP contribution is -2.22. The van der Waals surface area contributed by atoms with Crippen LogP contribution in [-0.4, -0.2) is 11.6 Å². The molecule has 0 bridgehead atoms. The molecule has 0 amide bonds. The van der Waals surface area contributed by atoms with Gasteiger partial charge < -0.3 is 0 Å². The van der Waals surface area contributed by atoms with Gasteiger partial charge in [-0.05, 0) is 115 Å². The summed E-state index contributed by atoms with van der Waals surface area (Å²) in [7, 11) is 0. The van der Waals surface area contributed by atoms with E-state index in [1.807, 2.05) is 0 Å². The first kappa shape index (κ1) is 22.0. The van der Waals surface area contributed by atoms with E-state index >= 15 is 0 Å². The molecule has 0 atom stereocenters. The minimum absolute atomic E-state index is 0.119. The van der Waals surface area contributed by atoms with E-state index in [2.05, 4.69) is 39.8 Å². The molecular formula is C29H36O2. The fraction of sp³-hybridized carbons (Fsp3) is 0.517. The number of rotatable bonds is 6. The van der Waals surface area contributed by atoms with Crippen LogP contribution in [0, 0.1) is 5.41 Å². The second-order valence-electron chi connectivity index (χ2n) is 9.79. The predicted octanol–water partition coefficient (Wildman–Crippen LogP) is 6.23. The molecule has 2 nitrogen and oxygen atoms in total. The minimum Gasteiger partial charge on any atom is -0.294 e. The molecular weight excluding hydrogens is 380 g/mol. The van der Waals surface area contributed by atoms with Crippen molar-refractivity contribution in [2.24, 2.45) is 5.41 Å². The Hall–Kier alpha value is -2.22. The van der Waals surface area contributed by atoms with Crippen molar-refractivity contribution in [3.8, 4) is 0 Å². The molecule has 164 valence electrons. The van der Waals surface area contributed by atoms with Gasteiger partial charge in [-0.25, -0.2) is 0 Å². The monoisotopic (exact) mass is 416 g/mol. The maximum absolute atomic E-state index is 12.7. The number of carbonyl (C=O) groups excluding carboxylic acids is 2. The topological polar surface area (TPSA) is 34.1 Å². The number of hydrogen-bond acceptors (Lipinski definition) is 2. The summed E-state index contributed by atoms with van der Waals surface area (Å²) >= 11 is 0. The maximum Gasteiger partial charge on any atom is 0.160 e. The third-order valence-electron chi connectivity index (χ3n) is 7.86. The SMILES string of the molecule is CCc1cc2c(c(C(C)=O)c1CC)CC1(C2)Cc2cc(CC)c(CC)c(C(C)=O)c2C1. The van der Waals surface area contributed by atoms with E-state index in [0.717, 1.165) is 62.5 Å². The standard InChI is InChI=1S/C29H36O2/c1-7-19-11-21-13-29(15-25(21)27(17(5)30)23(19)9-3)14-22-12-20(8-2)24(10-4)28(18(6)31)26(22)16-29/h11-12H,7-10,13-16H2,1-6H3. The first-order chi connectivity index (χ1) is 14.8. The number of carbonyl (C=O) groups is 2. The van der Waals surface area contributed by atoms with Crippen molar-refractivity contribution in [1.29, 1.82) is 0 Å². The Labute approximate surface area is 187 Å². The number of ketones is 2. The van der Waals surface area contributed by atoms with E-state index in [-0.39, 0.29) is 17.0 Å². The summed E-state index contributed by atoms with van der Waals surface area (Å²) < 4.78 is 0. The molecule has 2 aromatic carbocycles. The zero-order chi connectivity index (χ0) is 22.5. The lowest BCUT2D eigenvalue weighted by molar-refractivity contribution is 0.100. The van der Waals surface area contributed by atoms with Crippen molar-refractivity contribution >= 4 is 11.6 Å². The van der Waals surface area contributed by atoms with Crippen LogP contribution in [-0.2, 0) is 51.4 Å². The molecule has 0 heterocycles. The average Bonchev–Trinajstić information content (AvgIpc) is 3.27. The molecule has 1 spiro atoms. The van der Waals surface area contributed by atoms with Gasteiger partial charge in [-0.1, -0.05) is 39.8 Å². The molecule has 0 aromatic heterocycles. The maximum atomic E-state index is 12.7. The Balaban J connectivity index is 1.83. The Bertz CT molecular complexity index is 999. The van der Waals surface area contributed by atoms with Crippen LogP contribution in [0.15, 0.2) is 12.1 Å². The highest BCUT2D eigenvalue weighted by molar-refractivity contribution is 5.99. The largest absolute Gasteiger partial charge is 0.294 e. The van der Waals surface area contributed by atoms with E-state index in [9.17, 15) is 9.59 Å². The summed E-state index contributed by atoms with van der Waals surface area (Å²) in [6.07, 6.45) is 7.73. The quantitative estimate of drug-likeness (QED) is 0.524. The first-order valence-electron chi connectivity index (χ1n) is 12.1. The normalized spacial score (nSPS) is 15.9. The van der Waals surface area contributed by atoms with Crippen molar-refractivity contribution < 1.29 is 9.59 Å². The Kier molecular flexibility index (Phi) is 5.70. The molecule has 4 rings (SSSR count). The van der Waals surface area contributed by atoms with E-state index < -0.39 is 0 Å². The number of fused-ring (bicyclic) bond motifs is 2. The molecule has 2 aliphatic carbocycles. The third kappa shape index (κ3) is 3.39. The molecule has 2 aromatic rings. The van der Waals surface area contributed by atoms with E-state index in [1.54, 1.807) is 13.8 Å². The van der Waals surface area contributed by atoms with E-state index in [0.29, 0.717) is 0 Å². The van der Waals surface area contributed by atoms with Gasteiger partial charge in [0.05, 0.1) is 0 Å². The lowest BCUT2D eigenvalue weighted by atomic mass is 9.81. The predicted molar refractivity (Wildman–Crippen MR) is 128 cm³/mol. The Morgan fingerprint density at radius 1 is 0.677 bits per heavy atom. The molecule has 2 heteroatoms. The van der Waals surface area contributed by atoms with Crippen LogP contribution in [0.2, 0.25) is 0 Å². The van der Waals surface area contributed by atoms with Crippen LogP contribution in [0.5, 0.6) is 0 Å². The Morgan fingerprint density at radius 2 is 1.06 bits per heavy atom. The summed E-state index contributed by atoms with van der Waals surface area (Å²) in [5.41, 5.74) is 12.7. The Morgan fingerprint density at radius 3 is 1.35 bits per heavy atom. The van der Waals surface area contributed by atoms with Crippen molar-refractivity contribution in [2.45, 2.75) is 92.9 Å². The van der Waals surface area contributed by atoms with Gasteiger partial charge in [-0.3, -0.25) is 9.59 Å². The van der Waals surface area contributed by atoms with Crippen LogP contribution in [0.4, 0.5) is 0 Å². The van der Waals surface area contributed by atoms with Crippen LogP contribution in [0.25, 0.3) is 0 Å². The van der Waals surface area contributed by atoms with Gasteiger partial charge in [0.2, 0.25) is 0 Å². The van der Waals surface area contributed by atoms with Gasteiger partial charge in [0.1, 0.15) is 0 Å². The van der Waals surface area contributed by atoms with Gasteiger partial charge in [0.25, 0.3) is 0 Å². The van der Waals surface area contributed by atoms with Crippen molar-refractivity contribution in [3.05, 3.63) is 67.8 Å². The van der Waals surface area contributed by atoms with Crippen LogP contribution < -0.4 is 0 Å². The molecule has 0 unspecified atom stereocenters. The average molecular weight is 417 g/mol. The fourth-order valence-corrected chi connectivity index (χ4v) is 6.72. The third-order valence-corrected chi connectivity index (χ3v) is 7.86. The molecule has 0 radical (unpaired) electrons. The molecule has 0 fully saturated rings. The lowest BCUT2D eigenvalue weighted by Gasteiger charge is -2.22.